The molecule has 6 nitrogen and oxygen atoms in total. The summed E-state index contributed by atoms with van der Waals surface area (Å²) in [5.74, 6) is 0.101. The van der Waals surface area contributed by atoms with Crippen LogP contribution in [0, 0.1) is 5.92 Å². The number of hydrogen-bond acceptors (Lipinski definition) is 5. The molecule has 1 aromatic heterocycles. The number of benzene rings is 1. The second kappa shape index (κ2) is 8.70. The van der Waals surface area contributed by atoms with Crippen LogP contribution in [0.5, 0.6) is 0 Å². The number of hydrogen-bond donors (Lipinski definition) is 3. The molecule has 3 fully saturated rings. The SMILES string of the molecule is C=C(c1nc(/C=C/CNC(=O)C2CC2)cc2c(NC3COC4(CNC4)C3)cccc12)C(F)(F)F. The Morgan fingerprint density at radius 3 is 2.74 bits per heavy atom. The minimum Gasteiger partial charge on any atom is -0.379 e. The summed E-state index contributed by atoms with van der Waals surface area (Å²) < 4.78 is 46.7. The highest BCUT2D eigenvalue weighted by Gasteiger charge is 2.45. The van der Waals surface area contributed by atoms with Gasteiger partial charge in [0.25, 0.3) is 0 Å². The monoisotopic (exact) mass is 472 g/mol. The number of rotatable bonds is 7. The molecule has 1 atom stereocenters. The van der Waals surface area contributed by atoms with Crippen LogP contribution in [0.4, 0.5) is 18.9 Å². The van der Waals surface area contributed by atoms with E-state index in [-0.39, 0.29) is 29.2 Å². The number of carbonyl (C=O) groups is 1. The molecular weight excluding hydrogens is 445 g/mol. The summed E-state index contributed by atoms with van der Waals surface area (Å²) in [5, 5.41) is 10.5. The van der Waals surface area contributed by atoms with Crippen molar-refractivity contribution in [1.82, 2.24) is 15.6 Å². The fraction of sp³-hybridized carbons (Fsp3) is 0.440. The van der Waals surface area contributed by atoms with Gasteiger partial charge in [-0.15, -0.1) is 0 Å². The average Bonchev–Trinajstić information content (AvgIpc) is 3.54. The van der Waals surface area contributed by atoms with Crippen LogP contribution in [0.1, 0.15) is 30.7 Å². The summed E-state index contributed by atoms with van der Waals surface area (Å²) in [5.41, 5.74) is -0.234. The van der Waals surface area contributed by atoms with Gasteiger partial charge in [0.05, 0.1) is 35.2 Å². The van der Waals surface area contributed by atoms with E-state index in [4.69, 9.17) is 4.74 Å². The molecule has 2 saturated heterocycles. The standard InChI is InChI=1S/C25H27F3N4O2/c1-15(25(26,27)28)22-19-5-2-6-21(31-18-11-24(34-12-18)13-29-14-24)20(19)10-17(32-22)4-3-9-30-23(33)16-7-8-16/h2-6,10,16,18,29,31H,1,7-9,11-14H2,(H,30,33)/b4-3+. The average molecular weight is 473 g/mol. The third-order valence-electron chi connectivity index (χ3n) is 6.62. The molecule has 9 heteroatoms. The second-order valence-corrected chi connectivity index (χ2v) is 9.34. The lowest BCUT2D eigenvalue weighted by Crippen LogP contribution is -2.59. The number of alkyl halides is 3. The van der Waals surface area contributed by atoms with Gasteiger partial charge in [0.2, 0.25) is 5.91 Å². The Morgan fingerprint density at radius 1 is 1.29 bits per heavy atom. The van der Waals surface area contributed by atoms with E-state index in [0.29, 0.717) is 29.6 Å². The molecule has 3 heterocycles. The number of allylic oxidation sites excluding steroid dienone is 1. The van der Waals surface area contributed by atoms with E-state index in [1.165, 1.54) is 0 Å². The maximum atomic E-state index is 13.6. The van der Waals surface area contributed by atoms with Crippen LogP contribution >= 0.6 is 0 Å². The van der Waals surface area contributed by atoms with Crippen LogP contribution in [0.15, 0.2) is 36.9 Å². The molecule has 1 aliphatic carbocycles. The molecule has 1 spiro atoms. The van der Waals surface area contributed by atoms with Crippen molar-refractivity contribution in [2.75, 3.05) is 31.6 Å². The van der Waals surface area contributed by atoms with Crippen molar-refractivity contribution in [2.45, 2.75) is 37.1 Å². The number of halogens is 3. The second-order valence-electron chi connectivity index (χ2n) is 9.34. The summed E-state index contributed by atoms with van der Waals surface area (Å²) >= 11 is 0. The molecule has 2 aromatic rings. The number of aromatic nitrogens is 1. The van der Waals surface area contributed by atoms with Crippen LogP contribution in [-0.4, -0.2) is 55.0 Å². The van der Waals surface area contributed by atoms with Gasteiger partial charge in [-0.1, -0.05) is 24.8 Å². The fourth-order valence-corrected chi connectivity index (χ4v) is 4.51. The Hall–Kier alpha value is -2.91. The van der Waals surface area contributed by atoms with Crippen molar-refractivity contribution in [3.63, 3.8) is 0 Å². The quantitative estimate of drug-likeness (QED) is 0.570. The van der Waals surface area contributed by atoms with Crippen LogP contribution in [-0.2, 0) is 9.53 Å². The molecule has 1 unspecified atom stereocenters. The number of ether oxygens (including phenoxy) is 1. The van der Waals surface area contributed by atoms with Gasteiger partial charge >= 0.3 is 6.18 Å². The Morgan fingerprint density at radius 2 is 2.09 bits per heavy atom. The summed E-state index contributed by atoms with van der Waals surface area (Å²) in [4.78, 5) is 16.1. The summed E-state index contributed by atoms with van der Waals surface area (Å²) in [6.45, 7) is 5.74. The van der Waals surface area contributed by atoms with E-state index in [2.05, 4.69) is 27.5 Å². The first-order valence-corrected chi connectivity index (χ1v) is 11.5. The van der Waals surface area contributed by atoms with Crippen LogP contribution in [0.25, 0.3) is 22.4 Å². The van der Waals surface area contributed by atoms with E-state index in [1.54, 1.807) is 30.4 Å². The van der Waals surface area contributed by atoms with Gasteiger partial charge in [0.15, 0.2) is 0 Å². The Labute approximate surface area is 195 Å². The largest absolute Gasteiger partial charge is 0.417 e. The zero-order chi connectivity index (χ0) is 23.9. The molecule has 3 N–H and O–H groups in total. The van der Waals surface area contributed by atoms with E-state index < -0.39 is 11.7 Å². The van der Waals surface area contributed by atoms with Crippen molar-refractivity contribution in [2.24, 2.45) is 5.92 Å². The van der Waals surface area contributed by atoms with Gasteiger partial charge in [-0.05, 0) is 31.1 Å². The van der Waals surface area contributed by atoms with Crippen molar-refractivity contribution >= 4 is 34.0 Å². The molecule has 0 bridgehead atoms. The fourth-order valence-electron chi connectivity index (χ4n) is 4.51. The van der Waals surface area contributed by atoms with Gasteiger partial charge < -0.3 is 20.7 Å². The normalized spacial score (nSPS) is 21.7. The molecule has 1 aromatic carbocycles. The van der Waals surface area contributed by atoms with Crippen LogP contribution < -0.4 is 16.0 Å². The minimum atomic E-state index is -4.60. The molecular formula is C25H27F3N4O2. The number of fused-ring (bicyclic) bond motifs is 1. The minimum absolute atomic E-state index is 0.00645. The highest BCUT2D eigenvalue weighted by molar-refractivity contribution is 6.00. The number of pyridine rings is 1. The predicted molar refractivity (Wildman–Crippen MR) is 125 cm³/mol. The highest BCUT2D eigenvalue weighted by atomic mass is 19.4. The zero-order valence-corrected chi connectivity index (χ0v) is 18.7. The molecule has 1 amide bonds. The Bertz CT molecular complexity index is 1150. The predicted octanol–water partition coefficient (Wildman–Crippen LogP) is 3.89. The first-order valence-electron chi connectivity index (χ1n) is 11.5. The van der Waals surface area contributed by atoms with Crippen molar-refractivity contribution in [1.29, 1.82) is 0 Å². The summed E-state index contributed by atoms with van der Waals surface area (Å²) in [7, 11) is 0. The molecule has 34 heavy (non-hydrogen) atoms. The lowest BCUT2D eigenvalue weighted by molar-refractivity contribution is -0.122. The smallest absolute Gasteiger partial charge is 0.379 e. The van der Waals surface area contributed by atoms with Gasteiger partial charge in [0.1, 0.15) is 0 Å². The van der Waals surface area contributed by atoms with Crippen LogP contribution in [0.3, 0.4) is 0 Å². The van der Waals surface area contributed by atoms with Crippen LogP contribution in [0.2, 0.25) is 0 Å². The third kappa shape index (κ3) is 4.67. The van der Waals surface area contributed by atoms with Crippen molar-refractivity contribution < 1.29 is 22.7 Å². The molecule has 2 aliphatic heterocycles. The van der Waals surface area contributed by atoms with Gasteiger partial charge in [0, 0.05) is 48.4 Å². The maximum Gasteiger partial charge on any atom is 0.417 e. The Balaban J connectivity index is 1.44. The number of carbonyl (C=O) groups excluding carboxylic acids is 1. The van der Waals surface area contributed by atoms with E-state index >= 15 is 0 Å². The Kier molecular flexibility index (Phi) is 5.85. The highest BCUT2D eigenvalue weighted by Crippen LogP contribution is 2.38. The van der Waals surface area contributed by atoms with Crippen molar-refractivity contribution in [3.8, 4) is 0 Å². The van der Waals surface area contributed by atoms with Gasteiger partial charge in [-0.25, -0.2) is 4.98 Å². The van der Waals surface area contributed by atoms with E-state index in [1.807, 2.05) is 6.07 Å². The number of anilines is 1. The maximum absolute atomic E-state index is 13.6. The zero-order valence-electron chi connectivity index (χ0n) is 18.7. The topological polar surface area (TPSA) is 75.3 Å². The third-order valence-corrected chi connectivity index (χ3v) is 6.62. The first kappa shape index (κ1) is 22.9. The van der Waals surface area contributed by atoms with E-state index in [9.17, 15) is 18.0 Å². The molecule has 5 rings (SSSR count). The number of nitrogens with one attached hydrogen (secondary N) is 3. The summed E-state index contributed by atoms with van der Waals surface area (Å²) in [6, 6.07) is 7.03. The number of nitrogens with zero attached hydrogens (tertiary/aromatic N) is 1. The lowest BCUT2D eigenvalue weighted by Gasteiger charge is -2.38. The molecule has 0 radical (unpaired) electrons. The first-order chi connectivity index (χ1) is 16.2. The van der Waals surface area contributed by atoms with E-state index in [0.717, 1.165) is 38.0 Å². The summed E-state index contributed by atoms with van der Waals surface area (Å²) in [6.07, 6.45) is 1.37. The number of amides is 1. The molecule has 180 valence electrons. The van der Waals surface area contributed by atoms with Gasteiger partial charge in [-0.3, -0.25) is 4.79 Å². The lowest BCUT2D eigenvalue weighted by atomic mass is 9.92. The van der Waals surface area contributed by atoms with Crippen molar-refractivity contribution in [3.05, 3.63) is 48.3 Å². The molecule has 1 saturated carbocycles. The van der Waals surface area contributed by atoms with Gasteiger partial charge in [-0.2, -0.15) is 13.2 Å². The molecule has 3 aliphatic rings.